The van der Waals surface area contributed by atoms with Gasteiger partial charge in [0.15, 0.2) is 0 Å². The first-order valence-electron chi connectivity index (χ1n) is 7.27. The lowest BCUT2D eigenvalue weighted by Gasteiger charge is -2.36. The summed E-state index contributed by atoms with van der Waals surface area (Å²) in [5.41, 5.74) is 0.0734. The van der Waals surface area contributed by atoms with E-state index in [2.05, 4.69) is 29.6 Å². The molecule has 3 N–H and O–H groups in total. The van der Waals surface area contributed by atoms with Crippen molar-refractivity contribution in [3.05, 3.63) is 0 Å². The largest absolute Gasteiger partial charge is 0.481 e. The number of likely N-dealkylation sites (N-methyl/N-ethyl adjacent to an activating group) is 1. The molecule has 6 nitrogen and oxygen atoms in total. The lowest BCUT2D eigenvalue weighted by molar-refractivity contribution is -0.137. The van der Waals surface area contributed by atoms with Crippen LogP contribution in [0, 0.1) is 5.92 Å². The monoisotopic (exact) mass is 285 g/mol. The average molecular weight is 285 g/mol. The third-order valence-electron chi connectivity index (χ3n) is 4.20. The Labute approximate surface area is 120 Å². The minimum atomic E-state index is -0.836. The lowest BCUT2D eigenvalue weighted by Crippen LogP contribution is -2.52. The highest BCUT2D eigenvalue weighted by molar-refractivity contribution is 5.74. The van der Waals surface area contributed by atoms with Crippen molar-refractivity contribution in [3.63, 3.8) is 0 Å². The van der Waals surface area contributed by atoms with E-state index in [1.165, 1.54) is 12.8 Å². The topological polar surface area (TPSA) is 81.7 Å². The van der Waals surface area contributed by atoms with Crippen LogP contribution in [-0.2, 0) is 4.79 Å². The molecule has 0 heterocycles. The third-order valence-corrected chi connectivity index (χ3v) is 4.20. The molecule has 6 heteroatoms. The van der Waals surface area contributed by atoms with E-state index in [1.807, 2.05) is 6.92 Å². The third kappa shape index (κ3) is 5.00. The molecular formula is C14H27N3O3. The molecule has 1 rings (SSSR count). The molecule has 20 heavy (non-hydrogen) atoms. The van der Waals surface area contributed by atoms with Gasteiger partial charge in [0.2, 0.25) is 0 Å². The molecule has 0 bridgehead atoms. The van der Waals surface area contributed by atoms with E-state index >= 15 is 0 Å². The quantitative estimate of drug-likeness (QED) is 0.658. The van der Waals surface area contributed by atoms with E-state index in [0.29, 0.717) is 13.1 Å². The van der Waals surface area contributed by atoms with Gasteiger partial charge in [-0.25, -0.2) is 4.79 Å². The molecule has 0 aliphatic heterocycles. The fourth-order valence-corrected chi connectivity index (χ4v) is 2.76. The first-order valence-corrected chi connectivity index (χ1v) is 7.27. The highest BCUT2D eigenvalue weighted by Crippen LogP contribution is 2.32. The van der Waals surface area contributed by atoms with Crippen molar-refractivity contribution in [3.8, 4) is 0 Å². The summed E-state index contributed by atoms with van der Waals surface area (Å²) < 4.78 is 0. The van der Waals surface area contributed by atoms with Crippen molar-refractivity contribution in [2.75, 3.05) is 27.2 Å². The fraction of sp³-hybridized carbons (Fsp3) is 0.857. The number of amides is 2. The molecule has 1 atom stereocenters. The smallest absolute Gasteiger partial charge is 0.314 e. The first kappa shape index (κ1) is 16.8. The predicted octanol–water partition coefficient (Wildman–Crippen LogP) is 1.27. The second kappa shape index (κ2) is 7.47. The SMILES string of the molecule is CC(CNC(=O)NCC1(N(C)C)CCCC1)CC(=O)O. The summed E-state index contributed by atoms with van der Waals surface area (Å²) in [7, 11) is 4.11. The molecule has 0 aromatic rings. The number of carboxylic acid groups (broad SMARTS) is 1. The van der Waals surface area contributed by atoms with Gasteiger partial charge >= 0.3 is 12.0 Å². The number of carbonyl (C=O) groups excluding carboxylic acids is 1. The molecule has 1 saturated carbocycles. The maximum Gasteiger partial charge on any atom is 0.314 e. The fourth-order valence-electron chi connectivity index (χ4n) is 2.76. The van der Waals surface area contributed by atoms with Gasteiger partial charge in [-0.2, -0.15) is 0 Å². The highest BCUT2D eigenvalue weighted by Gasteiger charge is 2.36. The molecule has 0 aromatic carbocycles. The van der Waals surface area contributed by atoms with Gasteiger partial charge in [0, 0.05) is 25.0 Å². The number of hydrogen-bond donors (Lipinski definition) is 3. The van der Waals surface area contributed by atoms with Crippen molar-refractivity contribution in [1.82, 2.24) is 15.5 Å². The summed E-state index contributed by atoms with van der Waals surface area (Å²) in [5, 5.41) is 14.3. The Hall–Kier alpha value is -1.30. The van der Waals surface area contributed by atoms with Crippen LogP contribution >= 0.6 is 0 Å². The van der Waals surface area contributed by atoms with Crippen LogP contribution < -0.4 is 10.6 Å². The molecule has 0 saturated heterocycles. The van der Waals surface area contributed by atoms with Gasteiger partial charge in [-0.15, -0.1) is 0 Å². The van der Waals surface area contributed by atoms with E-state index in [9.17, 15) is 9.59 Å². The Morgan fingerprint density at radius 2 is 1.85 bits per heavy atom. The summed E-state index contributed by atoms with van der Waals surface area (Å²) >= 11 is 0. The highest BCUT2D eigenvalue weighted by atomic mass is 16.4. The number of nitrogens with zero attached hydrogens (tertiary/aromatic N) is 1. The summed E-state index contributed by atoms with van der Waals surface area (Å²) in [4.78, 5) is 24.5. The first-order chi connectivity index (χ1) is 9.35. The second-order valence-corrected chi connectivity index (χ2v) is 6.09. The zero-order valence-corrected chi connectivity index (χ0v) is 12.7. The molecule has 1 aliphatic rings. The van der Waals surface area contributed by atoms with Crippen molar-refractivity contribution in [2.45, 2.75) is 44.6 Å². The van der Waals surface area contributed by atoms with Crippen LogP contribution in [0.4, 0.5) is 4.79 Å². The van der Waals surface area contributed by atoms with Gasteiger partial charge in [0.25, 0.3) is 0 Å². The van der Waals surface area contributed by atoms with Gasteiger partial charge in [0.1, 0.15) is 0 Å². The van der Waals surface area contributed by atoms with Crippen molar-refractivity contribution >= 4 is 12.0 Å². The van der Waals surface area contributed by atoms with E-state index in [-0.39, 0.29) is 23.9 Å². The van der Waals surface area contributed by atoms with E-state index in [4.69, 9.17) is 5.11 Å². The zero-order valence-electron chi connectivity index (χ0n) is 12.7. The molecular weight excluding hydrogens is 258 g/mol. The molecule has 116 valence electrons. The van der Waals surface area contributed by atoms with Crippen LogP contribution in [0.1, 0.15) is 39.0 Å². The number of carbonyl (C=O) groups is 2. The molecule has 1 unspecified atom stereocenters. The van der Waals surface area contributed by atoms with Crippen molar-refractivity contribution in [2.24, 2.45) is 5.92 Å². The van der Waals surface area contributed by atoms with Gasteiger partial charge in [0.05, 0.1) is 0 Å². The van der Waals surface area contributed by atoms with E-state index in [0.717, 1.165) is 12.8 Å². The normalized spacial score (nSPS) is 18.8. The molecule has 2 amide bonds. The Morgan fingerprint density at radius 3 is 2.35 bits per heavy atom. The summed E-state index contributed by atoms with van der Waals surface area (Å²) in [6, 6.07) is -0.213. The Balaban J connectivity index is 2.30. The van der Waals surface area contributed by atoms with Gasteiger partial charge < -0.3 is 20.6 Å². The van der Waals surface area contributed by atoms with Crippen molar-refractivity contribution < 1.29 is 14.7 Å². The number of nitrogens with one attached hydrogen (secondary N) is 2. The lowest BCUT2D eigenvalue weighted by atomic mass is 9.96. The van der Waals surface area contributed by atoms with Crippen LogP contribution in [0.5, 0.6) is 0 Å². The average Bonchev–Trinajstić information content (AvgIpc) is 2.83. The maximum absolute atomic E-state index is 11.8. The van der Waals surface area contributed by atoms with E-state index < -0.39 is 5.97 Å². The molecule has 1 fully saturated rings. The Kier molecular flexibility index (Phi) is 6.26. The molecule has 0 radical (unpaired) electrons. The molecule has 1 aliphatic carbocycles. The predicted molar refractivity (Wildman–Crippen MR) is 77.7 cm³/mol. The number of aliphatic carboxylic acids is 1. The maximum atomic E-state index is 11.8. The number of rotatable bonds is 7. The van der Waals surface area contributed by atoms with Crippen LogP contribution in [0.25, 0.3) is 0 Å². The number of urea groups is 1. The van der Waals surface area contributed by atoms with Crippen LogP contribution in [0.3, 0.4) is 0 Å². The van der Waals surface area contributed by atoms with Gasteiger partial charge in [-0.05, 0) is 32.9 Å². The van der Waals surface area contributed by atoms with Crippen LogP contribution in [0.15, 0.2) is 0 Å². The molecule has 0 aromatic heterocycles. The number of hydrogen-bond acceptors (Lipinski definition) is 3. The minimum Gasteiger partial charge on any atom is -0.481 e. The van der Waals surface area contributed by atoms with Crippen LogP contribution in [0.2, 0.25) is 0 Å². The summed E-state index contributed by atoms with van der Waals surface area (Å²) in [5.74, 6) is -0.898. The Morgan fingerprint density at radius 1 is 1.25 bits per heavy atom. The molecule has 0 spiro atoms. The van der Waals surface area contributed by atoms with E-state index in [1.54, 1.807) is 0 Å². The zero-order chi connectivity index (χ0) is 15.2. The van der Waals surface area contributed by atoms with Crippen molar-refractivity contribution in [1.29, 1.82) is 0 Å². The van der Waals surface area contributed by atoms with Crippen LogP contribution in [-0.4, -0.2) is 54.7 Å². The summed E-state index contributed by atoms with van der Waals surface area (Å²) in [6.07, 6.45) is 4.70. The standard InChI is InChI=1S/C14H27N3O3/c1-11(8-12(18)19)9-15-13(20)16-10-14(17(2)3)6-4-5-7-14/h11H,4-10H2,1-3H3,(H,18,19)(H2,15,16,20). The summed E-state index contributed by atoms with van der Waals surface area (Å²) in [6.45, 7) is 2.83. The second-order valence-electron chi connectivity index (χ2n) is 6.09. The van der Waals surface area contributed by atoms with Gasteiger partial charge in [-0.3, -0.25) is 4.79 Å². The minimum absolute atomic E-state index is 0.0625. The Bertz CT molecular complexity index is 339. The number of carboxylic acids is 1. The van der Waals surface area contributed by atoms with Gasteiger partial charge in [-0.1, -0.05) is 19.8 Å².